The largest absolute Gasteiger partial charge is 0.493 e. The van der Waals surface area contributed by atoms with Crippen LogP contribution in [0.3, 0.4) is 0 Å². The molecule has 1 N–H and O–H groups in total. The van der Waals surface area contributed by atoms with Crippen LogP contribution >= 0.6 is 0 Å². The van der Waals surface area contributed by atoms with E-state index in [-0.39, 0.29) is 11.9 Å². The third-order valence-corrected chi connectivity index (χ3v) is 5.26. The minimum absolute atomic E-state index is 0.0269. The van der Waals surface area contributed by atoms with E-state index in [4.69, 9.17) is 9.47 Å². The van der Waals surface area contributed by atoms with E-state index >= 15 is 0 Å². The predicted molar refractivity (Wildman–Crippen MR) is 125 cm³/mol. The van der Waals surface area contributed by atoms with Crippen molar-refractivity contribution in [2.45, 2.75) is 13.0 Å². The maximum atomic E-state index is 13.2. The first-order chi connectivity index (χ1) is 15.2. The normalized spacial score (nSPS) is 15.3. The minimum Gasteiger partial charge on any atom is -0.493 e. The second-order valence-electron chi connectivity index (χ2n) is 7.25. The van der Waals surface area contributed by atoms with Crippen LogP contribution in [0.15, 0.2) is 78.9 Å². The molecule has 5 heteroatoms. The van der Waals surface area contributed by atoms with Crippen molar-refractivity contribution in [3.8, 4) is 11.5 Å². The van der Waals surface area contributed by atoms with Gasteiger partial charge in [-0.05, 0) is 48.4 Å². The van der Waals surface area contributed by atoms with Crippen molar-refractivity contribution >= 4 is 23.4 Å². The number of nitrogens with zero attached hydrogens (tertiary/aromatic N) is 1. The van der Waals surface area contributed by atoms with Gasteiger partial charge in [-0.2, -0.15) is 0 Å². The lowest BCUT2D eigenvalue weighted by molar-refractivity contribution is -0.114. The van der Waals surface area contributed by atoms with Crippen LogP contribution in [0.25, 0.3) is 6.08 Å². The fraction of sp³-hybridized carbons (Fsp3) is 0.192. The zero-order valence-corrected chi connectivity index (χ0v) is 17.7. The van der Waals surface area contributed by atoms with Crippen LogP contribution in [0.5, 0.6) is 11.5 Å². The SMILES string of the molecule is CCOc1ccc(/C=C/C(=O)N2CC(c3ccccc3)Nc3ccccc32)cc1OC. The number of anilines is 2. The summed E-state index contributed by atoms with van der Waals surface area (Å²) in [6, 6.07) is 23.8. The zero-order valence-electron chi connectivity index (χ0n) is 17.7. The molecule has 1 atom stereocenters. The highest BCUT2D eigenvalue weighted by molar-refractivity contribution is 6.06. The molecule has 3 aromatic rings. The third-order valence-electron chi connectivity index (χ3n) is 5.26. The van der Waals surface area contributed by atoms with E-state index < -0.39 is 0 Å². The molecule has 1 heterocycles. The van der Waals surface area contributed by atoms with E-state index in [1.165, 1.54) is 0 Å². The van der Waals surface area contributed by atoms with Crippen LogP contribution < -0.4 is 19.7 Å². The number of ether oxygens (including phenoxy) is 2. The number of hydrogen-bond donors (Lipinski definition) is 1. The summed E-state index contributed by atoms with van der Waals surface area (Å²) < 4.78 is 11.0. The van der Waals surface area contributed by atoms with Gasteiger partial charge in [0.1, 0.15) is 0 Å². The molecule has 0 radical (unpaired) electrons. The molecule has 158 valence electrons. The maximum Gasteiger partial charge on any atom is 0.251 e. The molecule has 0 spiro atoms. The van der Waals surface area contributed by atoms with Gasteiger partial charge in [-0.3, -0.25) is 4.79 Å². The van der Waals surface area contributed by atoms with Crippen LogP contribution in [-0.2, 0) is 4.79 Å². The average molecular weight is 415 g/mol. The van der Waals surface area contributed by atoms with E-state index in [1.807, 2.05) is 78.6 Å². The van der Waals surface area contributed by atoms with E-state index in [0.29, 0.717) is 24.7 Å². The van der Waals surface area contributed by atoms with Crippen molar-refractivity contribution in [1.29, 1.82) is 0 Å². The number of rotatable bonds is 6. The van der Waals surface area contributed by atoms with Gasteiger partial charge in [0, 0.05) is 6.08 Å². The molecule has 0 aromatic heterocycles. The van der Waals surface area contributed by atoms with E-state index in [0.717, 1.165) is 22.5 Å². The summed E-state index contributed by atoms with van der Waals surface area (Å²) in [5, 5.41) is 3.56. The van der Waals surface area contributed by atoms with Gasteiger partial charge in [-0.1, -0.05) is 48.5 Å². The van der Waals surface area contributed by atoms with Gasteiger partial charge in [0.05, 0.1) is 37.7 Å². The van der Waals surface area contributed by atoms with Crippen molar-refractivity contribution in [3.05, 3.63) is 90.0 Å². The van der Waals surface area contributed by atoms with Crippen molar-refractivity contribution in [1.82, 2.24) is 0 Å². The molecular weight excluding hydrogens is 388 g/mol. The second-order valence-corrected chi connectivity index (χ2v) is 7.25. The summed E-state index contributed by atoms with van der Waals surface area (Å²) in [5.74, 6) is 1.27. The Bertz CT molecular complexity index is 1080. The number of amides is 1. The van der Waals surface area contributed by atoms with Gasteiger partial charge in [-0.15, -0.1) is 0 Å². The van der Waals surface area contributed by atoms with Crippen molar-refractivity contribution < 1.29 is 14.3 Å². The van der Waals surface area contributed by atoms with Gasteiger partial charge in [0.2, 0.25) is 0 Å². The Labute approximate surface area is 182 Å². The molecule has 0 bridgehead atoms. The molecular formula is C26H26N2O3. The Morgan fingerprint density at radius 1 is 1.06 bits per heavy atom. The molecule has 3 aromatic carbocycles. The van der Waals surface area contributed by atoms with Crippen LogP contribution in [-0.4, -0.2) is 26.2 Å². The fourth-order valence-electron chi connectivity index (χ4n) is 3.75. The lowest BCUT2D eigenvalue weighted by atomic mass is 10.0. The highest BCUT2D eigenvalue weighted by atomic mass is 16.5. The molecule has 1 amide bonds. The van der Waals surface area contributed by atoms with E-state index in [1.54, 1.807) is 13.2 Å². The lowest BCUT2D eigenvalue weighted by Crippen LogP contribution is -2.39. The first-order valence-electron chi connectivity index (χ1n) is 10.4. The van der Waals surface area contributed by atoms with Crippen molar-refractivity contribution in [2.24, 2.45) is 0 Å². The summed E-state index contributed by atoms with van der Waals surface area (Å²) in [4.78, 5) is 15.0. The molecule has 31 heavy (non-hydrogen) atoms. The average Bonchev–Trinajstić information content (AvgIpc) is 2.83. The Morgan fingerprint density at radius 2 is 1.84 bits per heavy atom. The van der Waals surface area contributed by atoms with E-state index in [9.17, 15) is 4.79 Å². The molecule has 0 aliphatic carbocycles. The topological polar surface area (TPSA) is 50.8 Å². The van der Waals surface area contributed by atoms with Gasteiger partial charge < -0.3 is 19.7 Å². The predicted octanol–water partition coefficient (Wildman–Crippen LogP) is 5.31. The molecule has 1 unspecified atom stereocenters. The first kappa shape index (κ1) is 20.5. The third kappa shape index (κ3) is 4.56. The number of nitrogens with one attached hydrogen (secondary N) is 1. The quantitative estimate of drug-likeness (QED) is 0.556. The van der Waals surface area contributed by atoms with Crippen LogP contribution in [0.2, 0.25) is 0 Å². The highest BCUT2D eigenvalue weighted by Crippen LogP contribution is 2.36. The standard InChI is InChI=1S/C26H26N2O3/c1-3-31-24-15-13-19(17-25(24)30-2)14-16-26(29)28-18-22(20-9-5-4-6-10-20)27-21-11-7-8-12-23(21)28/h4-17,22,27H,3,18H2,1-2H3/b16-14+. The number of para-hydroxylation sites is 2. The second kappa shape index (κ2) is 9.39. The van der Waals surface area contributed by atoms with Crippen LogP contribution in [0.4, 0.5) is 11.4 Å². The summed E-state index contributed by atoms with van der Waals surface area (Å²) in [5.41, 5.74) is 3.85. The fourth-order valence-corrected chi connectivity index (χ4v) is 3.75. The summed E-state index contributed by atoms with van der Waals surface area (Å²) >= 11 is 0. The molecule has 5 nitrogen and oxygen atoms in total. The number of carbonyl (C=O) groups excluding carboxylic acids is 1. The monoisotopic (exact) mass is 414 g/mol. The number of fused-ring (bicyclic) bond motifs is 1. The summed E-state index contributed by atoms with van der Waals surface area (Å²) in [7, 11) is 1.61. The Hall–Kier alpha value is -3.73. The molecule has 1 aliphatic heterocycles. The number of hydrogen-bond acceptors (Lipinski definition) is 4. The molecule has 0 fully saturated rings. The molecule has 0 saturated carbocycles. The van der Waals surface area contributed by atoms with Crippen LogP contribution in [0, 0.1) is 0 Å². The summed E-state index contributed by atoms with van der Waals surface area (Å²) in [6.45, 7) is 3.05. The summed E-state index contributed by atoms with van der Waals surface area (Å²) in [6.07, 6.45) is 3.42. The smallest absolute Gasteiger partial charge is 0.251 e. The minimum atomic E-state index is -0.0669. The molecule has 4 rings (SSSR count). The molecule has 0 saturated heterocycles. The van der Waals surface area contributed by atoms with Gasteiger partial charge in [0.15, 0.2) is 11.5 Å². The Balaban J connectivity index is 1.58. The molecule has 1 aliphatic rings. The maximum absolute atomic E-state index is 13.2. The number of carbonyl (C=O) groups is 1. The zero-order chi connectivity index (χ0) is 21.6. The number of methoxy groups -OCH3 is 1. The number of benzene rings is 3. The lowest BCUT2D eigenvalue weighted by Gasteiger charge is -2.35. The van der Waals surface area contributed by atoms with Gasteiger partial charge in [-0.25, -0.2) is 0 Å². The highest BCUT2D eigenvalue weighted by Gasteiger charge is 2.27. The van der Waals surface area contributed by atoms with Crippen LogP contribution in [0.1, 0.15) is 24.1 Å². The van der Waals surface area contributed by atoms with Crippen molar-refractivity contribution in [2.75, 3.05) is 30.5 Å². The van der Waals surface area contributed by atoms with Gasteiger partial charge in [0.25, 0.3) is 5.91 Å². The van der Waals surface area contributed by atoms with Gasteiger partial charge >= 0.3 is 0 Å². The van der Waals surface area contributed by atoms with E-state index in [2.05, 4.69) is 17.4 Å². The van der Waals surface area contributed by atoms with Crippen molar-refractivity contribution in [3.63, 3.8) is 0 Å². The Morgan fingerprint density at radius 3 is 2.61 bits per heavy atom. The first-order valence-corrected chi connectivity index (χ1v) is 10.4. The Kier molecular flexibility index (Phi) is 6.22.